The summed E-state index contributed by atoms with van der Waals surface area (Å²) in [4.78, 5) is 0. The molecule has 1 N–H and O–H groups in total. The van der Waals surface area contributed by atoms with Crippen LogP contribution in [0.25, 0.3) is 0 Å². The van der Waals surface area contributed by atoms with Crippen molar-refractivity contribution in [1.82, 2.24) is 5.32 Å². The Kier molecular flexibility index (Phi) is 5.21. The number of hydrogen-bond donors (Lipinski definition) is 1. The minimum atomic E-state index is 0.104. The van der Waals surface area contributed by atoms with Crippen molar-refractivity contribution in [2.45, 2.75) is 19.9 Å². The van der Waals surface area contributed by atoms with Crippen LogP contribution in [0.1, 0.15) is 29.7 Å². The summed E-state index contributed by atoms with van der Waals surface area (Å²) in [7, 11) is 1.97. The van der Waals surface area contributed by atoms with E-state index < -0.39 is 0 Å². The van der Waals surface area contributed by atoms with Crippen LogP contribution in [0.4, 0.5) is 0 Å². The van der Waals surface area contributed by atoms with Crippen LogP contribution in [0.15, 0.2) is 46.9 Å². The Balaban J connectivity index is 2.51. The number of nitrogens with one attached hydrogen (secondary N) is 1. The lowest BCUT2D eigenvalue weighted by molar-refractivity contribution is 0.334. The highest BCUT2D eigenvalue weighted by atomic mass is 79.9. The molecule has 1 atom stereocenters. The van der Waals surface area contributed by atoms with Gasteiger partial charge in [-0.1, -0.05) is 51.8 Å². The van der Waals surface area contributed by atoms with Crippen LogP contribution in [0.5, 0.6) is 5.75 Å². The Hall–Kier alpha value is -1.32. The average molecular weight is 334 g/mol. The number of hydrogen-bond acceptors (Lipinski definition) is 2. The van der Waals surface area contributed by atoms with Crippen molar-refractivity contribution in [3.8, 4) is 5.75 Å². The van der Waals surface area contributed by atoms with Crippen LogP contribution in [0.3, 0.4) is 0 Å². The number of halogens is 1. The van der Waals surface area contributed by atoms with Crippen molar-refractivity contribution < 1.29 is 4.74 Å². The molecule has 1 unspecified atom stereocenters. The minimum Gasteiger partial charge on any atom is -0.494 e. The minimum absolute atomic E-state index is 0.104. The van der Waals surface area contributed by atoms with Crippen molar-refractivity contribution in [2.75, 3.05) is 13.7 Å². The molecule has 0 aliphatic rings. The van der Waals surface area contributed by atoms with Gasteiger partial charge in [0.15, 0.2) is 0 Å². The second-order valence-corrected chi connectivity index (χ2v) is 5.57. The highest BCUT2D eigenvalue weighted by Gasteiger charge is 2.18. The van der Waals surface area contributed by atoms with Crippen LogP contribution in [-0.4, -0.2) is 13.7 Å². The van der Waals surface area contributed by atoms with Gasteiger partial charge in [-0.3, -0.25) is 0 Å². The van der Waals surface area contributed by atoms with E-state index in [0.717, 1.165) is 10.2 Å². The molecule has 0 fully saturated rings. The van der Waals surface area contributed by atoms with Crippen molar-refractivity contribution in [1.29, 1.82) is 0 Å². The molecule has 0 heterocycles. The smallest absolute Gasteiger partial charge is 0.124 e. The van der Waals surface area contributed by atoms with Crippen LogP contribution in [0, 0.1) is 6.92 Å². The quantitative estimate of drug-likeness (QED) is 0.871. The van der Waals surface area contributed by atoms with Crippen LogP contribution in [-0.2, 0) is 0 Å². The van der Waals surface area contributed by atoms with Crippen LogP contribution >= 0.6 is 15.9 Å². The van der Waals surface area contributed by atoms with Crippen molar-refractivity contribution in [2.24, 2.45) is 0 Å². The molecule has 3 heteroatoms. The van der Waals surface area contributed by atoms with Gasteiger partial charge in [-0.15, -0.1) is 0 Å². The molecule has 2 aromatic rings. The van der Waals surface area contributed by atoms with Crippen LogP contribution in [0.2, 0.25) is 0 Å². The molecule has 0 aromatic heterocycles. The third kappa shape index (κ3) is 3.22. The van der Waals surface area contributed by atoms with E-state index in [1.165, 1.54) is 16.7 Å². The van der Waals surface area contributed by atoms with E-state index in [1.807, 2.05) is 20.0 Å². The predicted molar refractivity (Wildman–Crippen MR) is 87.4 cm³/mol. The normalized spacial score (nSPS) is 12.2. The molecule has 0 spiro atoms. The molecule has 0 amide bonds. The largest absolute Gasteiger partial charge is 0.494 e. The molecule has 2 rings (SSSR count). The van der Waals surface area contributed by atoms with Gasteiger partial charge in [0.1, 0.15) is 5.75 Å². The topological polar surface area (TPSA) is 21.3 Å². The van der Waals surface area contributed by atoms with Gasteiger partial charge in [-0.05, 0) is 38.6 Å². The zero-order valence-electron chi connectivity index (χ0n) is 12.1. The van der Waals surface area contributed by atoms with Gasteiger partial charge < -0.3 is 10.1 Å². The van der Waals surface area contributed by atoms with Crippen LogP contribution < -0.4 is 10.1 Å². The zero-order valence-corrected chi connectivity index (χ0v) is 13.7. The maximum absolute atomic E-state index is 5.78. The second-order valence-electron chi connectivity index (χ2n) is 4.72. The summed E-state index contributed by atoms with van der Waals surface area (Å²) in [6.07, 6.45) is 0. The molecule has 0 bridgehead atoms. The SMILES string of the molecule is CCOc1ccc(C)cc1C(NC)c1ccccc1Br. The maximum atomic E-state index is 5.78. The molecular formula is C17H20BrNO. The van der Waals surface area contributed by atoms with E-state index in [1.54, 1.807) is 0 Å². The molecule has 0 aliphatic carbocycles. The Morgan fingerprint density at radius 3 is 2.55 bits per heavy atom. The van der Waals surface area contributed by atoms with E-state index in [9.17, 15) is 0 Å². The van der Waals surface area contributed by atoms with Gasteiger partial charge in [0, 0.05) is 10.0 Å². The summed E-state index contributed by atoms with van der Waals surface area (Å²) in [5.74, 6) is 0.938. The average Bonchev–Trinajstić information content (AvgIpc) is 2.44. The number of rotatable bonds is 5. The lowest BCUT2D eigenvalue weighted by atomic mass is 9.96. The summed E-state index contributed by atoms with van der Waals surface area (Å²) in [5, 5.41) is 3.39. The first-order valence-corrected chi connectivity index (χ1v) is 7.61. The monoisotopic (exact) mass is 333 g/mol. The Bertz CT molecular complexity index is 583. The molecular weight excluding hydrogens is 314 g/mol. The van der Waals surface area contributed by atoms with Crippen molar-refractivity contribution >= 4 is 15.9 Å². The van der Waals surface area contributed by atoms with Gasteiger partial charge in [0.25, 0.3) is 0 Å². The van der Waals surface area contributed by atoms with Crippen molar-refractivity contribution in [3.63, 3.8) is 0 Å². The highest BCUT2D eigenvalue weighted by Crippen LogP contribution is 2.34. The Morgan fingerprint density at radius 2 is 1.90 bits per heavy atom. The summed E-state index contributed by atoms with van der Waals surface area (Å²) < 4.78 is 6.88. The fourth-order valence-corrected chi connectivity index (χ4v) is 2.88. The molecule has 20 heavy (non-hydrogen) atoms. The summed E-state index contributed by atoms with van der Waals surface area (Å²) in [5.41, 5.74) is 3.61. The molecule has 106 valence electrons. The molecule has 0 saturated heterocycles. The third-order valence-electron chi connectivity index (χ3n) is 3.28. The fourth-order valence-electron chi connectivity index (χ4n) is 2.37. The van der Waals surface area contributed by atoms with Gasteiger partial charge in [-0.25, -0.2) is 0 Å². The molecule has 2 aromatic carbocycles. The van der Waals surface area contributed by atoms with E-state index in [-0.39, 0.29) is 6.04 Å². The van der Waals surface area contributed by atoms with Crippen molar-refractivity contribution in [3.05, 3.63) is 63.6 Å². The second kappa shape index (κ2) is 6.91. The molecule has 0 saturated carbocycles. The summed E-state index contributed by atoms with van der Waals surface area (Å²) in [6, 6.07) is 14.7. The van der Waals surface area contributed by atoms with E-state index in [0.29, 0.717) is 6.61 Å². The standard InChI is InChI=1S/C17H20BrNO/c1-4-20-16-10-9-12(2)11-14(16)17(19-3)13-7-5-6-8-15(13)18/h5-11,17,19H,4H2,1-3H3. The Labute approximate surface area is 129 Å². The molecule has 0 radical (unpaired) electrons. The zero-order chi connectivity index (χ0) is 14.5. The molecule has 0 aliphatic heterocycles. The maximum Gasteiger partial charge on any atom is 0.124 e. The van der Waals surface area contributed by atoms with Gasteiger partial charge in [-0.2, -0.15) is 0 Å². The molecule has 2 nitrogen and oxygen atoms in total. The van der Waals surface area contributed by atoms with Gasteiger partial charge >= 0.3 is 0 Å². The highest BCUT2D eigenvalue weighted by molar-refractivity contribution is 9.10. The van der Waals surface area contributed by atoms with Gasteiger partial charge in [0.2, 0.25) is 0 Å². The Morgan fingerprint density at radius 1 is 1.15 bits per heavy atom. The van der Waals surface area contributed by atoms with E-state index >= 15 is 0 Å². The first kappa shape index (κ1) is 15.1. The third-order valence-corrected chi connectivity index (χ3v) is 4.00. The lowest BCUT2D eigenvalue weighted by Crippen LogP contribution is -2.19. The number of benzene rings is 2. The van der Waals surface area contributed by atoms with E-state index in [2.05, 4.69) is 64.6 Å². The van der Waals surface area contributed by atoms with E-state index in [4.69, 9.17) is 4.74 Å². The number of ether oxygens (including phenoxy) is 1. The lowest BCUT2D eigenvalue weighted by Gasteiger charge is -2.22. The first-order valence-electron chi connectivity index (χ1n) is 6.82. The predicted octanol–water partition coefficient (Wildman–Crippen LogP) is 4.47. The van der Waals surface area contributed by atoms with Gasteiger partial charge in [0.05, 0.1) is 12.6 Å². The summed E-state index contributed by atoms with van der Waals surface area (Å²) >= 11 is 3.64. The fraction of sp³-hybridized carbons (Fsp3) is 0.294. The first-order chi connectivity index (χ1) is 9.67. The number of aryl methyl sites for hydroxylation is 1. The summed E-state index contributed by atoms with van der Waals surface area (Å²) in [6.45, 7) is 4.78.